The van der Waals surface area contributed by atoms with Crippen LogP contribution in [0, 0.1) is 0 Å². The monoisotopic (exact) mass is 311 g/mol. The molecule has 6 heteroatoms. The molecule has 0 aliphatic rings. The summed E-state index contributed by atoms with van der Waals surface area (Å²) in [5.74, 6) is -0.314. The van der Waals surface area contributed by atoms with Gasteiger partial charge in [0.15, 0.2) is 0 Å². The van der Waals surface area contributed by atoms with E-state index in [0.717, 1.165) is 16.9 Å². The summed E-state index contributed by atoms with van der Waals surface area (Å²) < 4.78 is 5.10. The first-order chi connectivity index (χ1) is 9.43. The van der Waals surface area contributed by atoms with E-state index in [1.807, 2.05) is 19.9 Å². The van der Waals surface area contributed by atoms with E-state index >= 15 is 0 Å². The highest BCUT2D eigenvalue weighted by molar-refractivity contribution is 7.17. The van der Waals surface area contributed by atoms with Gasteiger partial charge in [-0.15, -0.1) is 11.3 Å². The zero-order valence-corrected chi connectivity index (χ0v) is 12.9. The summed E-state index contributed by atoms with van der Waals surface area (Å²) in [4.78, 5) is 16.0. The van der Waals surface area contributed by atoms with Gasteiger partial charge in [0.1, 0.15) is 15.6 Å². The number of rotatable bonds is 4. The number of carboxylic acids is 1. The summed E-state index contributed by atoms with van der Waals surface area (Å²) in [5.41, 5.74) is 1.39. The second kappa shape index (κ2) is 5.81. The summed E-state index contributed by atoms with van der Waals surface area (Å²) in [6.07, 6.45) is 0. The maximum Gasteiger partial charge on any atom is 0.347 e. The number of hydrogen-bond acceptors (Lipinski definition) is 4. The van der Waals surface area contributed by atoms with E-state index in [0.29, 0.717) is 21.5 Å². The molecule has 106 valence electrons. The molecule has 0 unspecified atom stereocenters. The van der Waals surface area contributed by atoms with Crippen LogP contribution < -0.4 is 4.74 Å². The van der Waals surface area contributed by atoms with Crippen molar-refractivity contribution in [1.82, 2.24) is 4.98 Å². The first-order valence-electron chi connectivity index (χ1n) is 6.02. The van der Waals surface area contributed by atoms with E-state index < -0.39 is 5.97 Å². The number of carbonyl (C=O) groups is 1. The fourth-order valence-electron chi connectivity index (χ4n) is 1.80. The predicted molar refractivity (Wildman–Crippen MR) is 80.2 cm³/mol. The molecule has 20 heavy (non-hydrogen) atoms. The molecule has 1 aromatic carbocycles. The van der Waals surface area contributed by atoms with Crippen molar-refractivity contribution in [2.24, 2.45) is 0 Å². The summed E-state index contributed by atoms with van der Waals surface area (Å²) >= 11 is 7.25. The Kier molecular flexibility index (Phi) is 4.30. The Bertz CT molecular complexity index is 652. The third-order valence-electron chi connectivity index (χ3n) is 2.79. The number of ether oxygens (including phenoxy) is 1. The molecule has 0 fully saturated rings. The highest BCUT2D eigenvalue weighted by Crippen LogP contribution is 2.35. The number of thiazole rings is 1. The summed E-state index contributed by atoms with van der Waals surface area (Å²) in [7, 11) is 1.55. The van der Waals surface area contributed by atoms with Crippen LogP contribution in [-0.2, 0) is 0 Å². The predicted octanol–water partition coefficient (Wildman–Crippen LogP) is 4.29. The van der Waals surface area contributed by atoms with Crippen LogP contribution in [-0.4, -0.2) is 23.2 Å². The molecule has 0 radical (unpaired) electrons. The standard InChI is InChI=1S/C14H14ClNO3S/c1-7(2)11-12(14(17)18)20-13(16-11)8-4-5-10(19-3)9(15)6-8/h4-7H,1-3H3,(H,17,18). The van der Waals surface area contributed by atoms with Crippen molar-refractivity contribution in [3.63, 3.8) is 0 Å². The maximum atomic E-state index is 11.3. The SMILES string of the molecule is COc1ccc(-c2nc(C(C)C)c(C(=O)O)s2)cc1Cl. The molecule has 2 rings (SSSR count). The highest BCUT2D eigenvalue weighted by atomic mass is 35.5. The van der Waals surface area contributed by atoms with Crippen molar-refractivity contribution in [2.45, 2.75) is 19.8 Å². The van der Waals surface area contributed by atoms with Crippen LogP contribution >= 0.6 is 22.9 Å². The van der Waals surface area contributed by atoms with Gasteiger partial charge in [-0.2, -0.15) is 0 Å². The van der Waals surface area contributed by atoms with Crippen molar-refractivity contribution in [3.8, 4) is 16.3 Å². The Morgan fingerprint density at radius 1 is 1.45 bits per heavy atom. The molecule has 1 aromatic heterocycles. The van der Waals surface area contributed by atoms with Crippen LogP contribution in [0.1, 0.15) is 35.1 Å². The number of benzene rings is 1. The third kappa shape index (κ3) is 2.78. The molecule has 2 aromatic rings. The molecule has 0 saturated heterocycles. The highest BCUT2D eigenvalue weighted by Gasteiger charge is 2.20. The largest absolute Gasteiger partial charge is 0.495 e. The van der Waals surface area contributed by atoms with E-state index in [9.17, 15) is 9.90 Å². The number of methoxy groups -OCH3 is 1. The van der Waals surface area contributed by atoms with Gasteiger partial charge in [-0.3, -0.25) is 0 Å². The Labute approximate surface area is 126 Å². The molecule has 0 saturated carbocycles. The van der Waals surface area contributed by atoms with Gasteiger partial charge in [0.05, 0.1) is 17.8 Å². The normalized spacial score (nSPS) is 10.8. The second-order valence-corrected chi connectivity index (χ2v) is 5.95. The average Bonchev–Trinajstić information content (AvgIpc) is 2.84. The fraction of sp³-hybridized carbons (Fsp3) is 0.286. The molecule has 1 heterocycles. The lowest BCUT2D eigenvalue weighted by Gasteiger charge is -2.04. The van der Waals surface area contributed by atoms with Gasteiger partial charge in [0.25, 0.3) is 0 Å². The molecule has 0 atom stereocenters. The molecule has 0 aliphatic carbocycles. The number of nitrogens with zero attached hydrogens (tertiary/aromatic N) is 1. The fourth-order valence-corrected chi connectivity index (χ4v) is 3.11. The Morgan fingerprint density at radius 2 is 2.15 bits per heavy atom. The molecule has 0 spiro atoms. The number of aromatic carboxylic acids is 1. The van der Waals surface area contributed by atoms with Crippen LogP contribution in [0.15, 0.2) is 18.2 Å². The first kappa shape index (κ1) is 14.8. The van der Waals surface area contributed by atoms with Crippen molar-refractivity contribution < 1.29 is 14.6 Å². The molecular formula is C14H14ClNO3S. The van der Waals surface area contributed by atoms with Crippen molar-refractivity contribution >= 4 is 28.9 Å². The van der Waals surface area contributed by atoms with Crippen LogP contribution in [0.25, 0.3) is 10.6 Å². The summed E-state index contributed by atoms with van der Waals surface area (Å²) in [5, 5.41) is 10.4. The minimum absolute atomic E-state index is 0.0554. The number of carboxylic acid groups (broad SMARTS) is 1. The van der Waals surface area contributed by atoms with E-state index in [2.05, 4.69) is 4.98 Å². The van der Waals surface area contributed by atoms with Gasteiger partial charge < -0.3 is 9.84 Å². The van der Waals surface area contributed by atoms with Crippen molar-refractivity contribution in [2.75, 3.05) is 7.11 Å². The number of hydrogen-bond donors (Lipinski definition) is 1. The Morgan fingerprint density at radius 3 is 2.60 bits per heavy atom. The molecule has 0 aliphatic heterocycles. The smallest absolute Gasteiger partial charge is 0.347 e. The van der Waals surface area contributed by atoms with Crippen molar-refractivity contribution in [1.29, 1.82) is 0 Å². The lowest BCUT2D eigenvalue weighted by atomic mass is 10.1. The molecule has 0 amide bonds. The first-order valence-corrected chi connectivity index (χ1v) is 7.21. The molecule has 0 bridgehead atoms. The minimum atomic E-state index is -0.947. The van der Waals surface area contributed by atoms with Crippen LogP contribution in [0.3, 0.4) is 0 Å². The van der Waals surface area contributed by atoms with E-state index in [4.69, 9.17) is 16.3 Å². The Hall–Kier alpha value is -1.59. The summed E-state index contributed by atoms with van der Waals surface area (Å²) in [6.45, 7) is 3.85. The maximum absolute atomic E-state index is 11.3. The lowest BCUT2D eigenvalue weighted by molar-refractivity contribution is 0.0700. The van der Waals surface area contributed by atoms with Gasteiger partial charge >= 0.3 is 5.97 Å². The zero-order valence-electron chi connectivity index (χ0n) is 11.3. The van der Waals surface area contributed by atoms with Crippen LogP contribution in [0.5, 0.6) is 5.75 Å². The van der Waals surface area contributed by atoms with Gasteiger partial charge in [0.2, 0.25) is 0 Å². The Balaban J connectivity index is 2.50. The molecular weight excluding hydrogens is 298 g/mol. The van der Waals surface area contributed by atoms with E-state index in [-0.39, 0.29) is 10.8 Å². The number of aromatic nitrogens is 1. The van der Waals surface area contributed by atoms with Gasteiger partial charge in [-0.25, -0.2) is 9.78 Å². The van der Waals surface area contributed by atoms with Crippen LogP contribution in [0.2, 0.25) is 5.02 Å². The molecule has 1 N–H and O–H groups in total. The van der Waals surface area contributed by atoms with E-state index in [1.54, 1.807) is 19.2 Å². The lowest BCUT2D eigenvalue weighted by Crippen LogP contribution is -2.00. The summed E-state index contributed by atoms with van der Waals surface area (Å²) in [6, 6.07) is 5.29. The van der Waals surface area contributed by atoms with Crippen molar-refractivity contribution in [3.05, 3.63) is 33.8 Å². The van der Waals surface area contributed by atoms with Crippen LogP contribution in [0.4, 0.5) is 0 Å². The third-order valence-corrected chi connectivity index (χ3v) is 4.20. The zero-order chi connectivity index (χ0) is 14.9. The van der Waals surface area contributed by atoms with Gasteiger partial charge in [0, 0.05) is 5.56 Å². The van der Waals surface area contributed by atoms with Gasteiger partial charge in [-0.1, -0.05) is 25.4 Å². The quantitative estimate of drug-likeness (QED) is 0.914. The average molecular weight is 312 g/mol. The number of halogens is 1. The van der Waals surface area contributed by atoms with Gasteiger partial charge in [-0.05, 0) is 24.1 Å². The second-order valence-electron chi connectivity index (χ2n) is 4.54. The molecule has 4 nitrogen and oxygen atoms in total. The minimum Gasteiger partial charge on any atom is -0.495 e. The van der Waals surface area contributed by atoms with E-state index in [1.165, 1.54) is 0 Å². The topological polar surface area (TPSA) is 59.4 Å².